The number of pyridine rings is 2. The van der Waals surface area contributed by atoms with Gasteiger partial charge in [0.2, 0.25) is 5.88 Å². The van der Waals surface area contributed by atoms with E-state index < -0.39 is 18.3 Å². The minimum atomic E-state index is -1.52. The number of carbonyl (C=O) groups is 1. The fourth-order valence-electron chi connectivity index (χ4n) is 4.27. The summed E-state index contributed by atoms with van der Waals surface area (Å²) in [6.45, 7) is 2.44. The molecule has 9 nitrogen and oxygen atoms in total. The summed E-state index contributed by atoms with van der Waals surface area (Å²) in [6.07, 6.45) is 0.653. The number of fused-ring (bicyclic) bond motifs is 2. The lowest BCUT2D eigenvalue weighted by molar-refractivity contribution is 0.0688. The molecule has 1 aromatic carbocycles. The molecule has 33 heavy (non-hydrogen) atoms. The van der Waals surface area contributed by atoms with Gasteiger partial charge < -0.3 is 25.6 Å². The number of aromatic nitrogens is 2. The second kappa shape index (κ2) is 8.00. The summed E-state index contributed by atoms with van der Waals surface area (Å²) in [4.78, 5) is 21.5. The van der Waals surface area contributed by atoms with Crippen LogP contribution in [-0.2, 0) is 4.74 Å². The third-order valence-corrected chi connectivity index (χ3v) is 5.98. The largest absolute Gasteiger partial charge is 0.465 e. The SMILES string of the molecule is Cc1c(-c2cc3cc(N(C(=O)O)[C@@H]4CCOC4)ncc3c(N)c2F)cnc2c1NC[C@H](F)O2. The zero-order chi connectivity index (χ0) is 23.3. The van der Waals surface area contributed by atoms with E-state index in [9.17, 15) is 14.3 Å². The van der Waals surface area contributed by atoms with Crippen LogP contribution in [0.3, 0.4) is 0 Å². The van der Waals surface area contributed by atoms with E-state index in [1.54, 1.807) is 19.1 Å². The zero-order valence-electron chi connectivity index (χ0n) is 17.6. The summed E-state index contributed by atoms with van der Waals surface area (Å²) < 4.78 is 39.3. The van der Waals surface area contributed by atoms with Crippen LogP contribution in [0.1, 0.15) is 12.0 Å². The van der Waals surface area contributed by atoms with Crippen LogP contribution in [0, 0.1) is 12.7 Å². The molecule has 0 unspecified atom stereocenters. The summed E-state index contributed by atoms with van der Waals surface area (Å²) in [5.41, 5.74) is 7.71. The number of hydrogen-bond acceptors (Lipinski definition) is 7. The van der Waals surface area contributed by atoms with Crippen molar-refractivity contribution >= 4 is 34.1 Å². The zero-order valence-corrected chi connectivity index (χ0v) is 17.6. The molecule has 2 aliphatic rings. The van der Waals surface area contributed by atoms with Crippen LogP contribution >= 0.6 is 0 Å². The van der Waals surface area contributed by atoms with Crippen molar-refractivity contribution in [2.24, 2.45) is 0 Å². The van der Waals surface area contributed by atoms with Gasteiger partial charge >= 0.3 is 6.09 Å². The first-order chi connectivity index (χ1) is 15.8. The minimum Gasteiger partial charge on any atom is -0.465 e. The highest BCUT2D eigenvalue weighted by atomic mass is 19.1. The molecule has 5 rings (SSSR count). The molecule has 172 valence electrons. The number of nitrogen functional groups attached to an aromatic ring is 1. The van der Waals surface area contributed by atoms with Gasteiger partial charge in [-0.25, -0.2) is 19.2 Å². The molecule has 1 saturated heterocycles. The van der Waals surface area contributed by atoms with Crippen molar-refractivity contribution in [2.45, 2.75) is 25.7 Å². The number of benzene rings is 1. The Kier molecular flexibility index (Phi) is 5.12. The molecule has 0 saturated carbocycles. The van der Waals surface area contributed by atoms with Gasteiger partial charge in [0, 0.05) is 35.5 Å². The first-order valence-electron chi connectivity index (χ1n) is 10.4. The molecule has 0 radical (unpaired) electrons. The van der Waals surface area contributed by atoms with E-state index in [2.05, 4.69) is 15.3 Å². The van der Waals surface area contributed by atoms with Gasteiger partial charge in [0.05, 0.1) is 24.9 Å². The van der Waals surface area contributed by atoms with E-state index in [4.69, 9.17) is 15.2 Å². The summed E-state index contributed by atoms with van der Waals surface area (Å²) in [6, 6.07) is 2.79. The topological polar surface area (TPSA) is 123 Å². The molecule has 1 fully saturated rings. The molecule has 2 aromatic heterocycles. The van der Waals surface area contributed by atoms with Gasteiger partial charge in [-0.3, -0.25) is 4.90 Å². The fraction of sp³-hybridized carbons (Fsp3) is 0.318. The fourth-order valence-corrected chi connectivity index (χ4v) is 4.27. The Balaban J connectivity index is 1.64. The van der Waals surface area contributed by atoms with Crippen LogP contribution in [0.25, 0.3) is 21.9 Å². The Morgan fingerprint density at radius 2 is 2.12 bits per heavy atom. The monoisotopic (exact) mass is 457 g/mol. The Labute approximate surface area is 187 Å². The standard InChI is InChI=1S/C22H21F2N5O4/c1-10-14(6-28-21-20(10)27-8-16(23)33-21)13-4-11-5-17(26-7-15(11)19(25)18(13)24)29(22(30)31)12-2-3-32-9-12/h4-7,12,16,27H,2-3,8-9,25H2,1H3,(H,30,31)/t12-,16-/m1/s1. The van der Waals surface area contributed by atoms with E-state index in [1.807, 2.05) is 0 Å². The van der Waals surface area contributed by atoms with Crippen molar-refractivity contribution in [1.29, 1.82) is 0 Å². The van der Waals surface area contributed by atoms with Gasteiger partial charge in [0.15, 0.2) is 5.82 Å². The quantitative estimate of drug-likeness (QED) is 0.509. The van der Waals surface area contributed by atoms with Gasteiger partial charge in [0.25, 0.3) is 6.36 Å². The molecular formula is C22H21F2N5O4. The average molecular weight is 457 g/mol. The molecule has 2 atom stereocenters. The van der Waals surface area contributed by atoms with E-state index in [0.29, 0.717) is 40.6 Å². The molecule has 11 heteroatoms. The predicted octanol–water partition coefficient (Wildman–Crippen LogP) is 3.70. The normalized spacial score (nSPS) is 19.6. The van der Waals surface area contributed by atoms with Crippen molar-refractivity contribution in [3.8, 4) is 17.0 Å². The second-order valence-corrected chi connectivity index (χ2v) is 7.97. The first-order valence-corrected chi connectivity index (χ1v) is 10.4. The van der Waals surface area contributed by atoms with Gasteiger partial charge in [-0.05, 0) is 36.4 Å². The molecule has 4 N–H and O–H groups in total. The Morgan fingerprint density at radius 3 is 2.85 bits per heavy atom. The number of halogens is 2. The number of hydrogen-bond donors (Lipinski definition) is 3. The number of alkyl halides is 1. The van der Waals surface area contributed by atoms with Gasteiger partial charge in [-0.1, -0.05) is 0 Å². The van der Waals surface area contributed by atoms with Crippen molar-refractivity contribution < 1.29 is 28.2 Å². The minimum absolute atomic E-state index is 0.0494. The number of anilines is 3. The molecule has 4 heterocycles. The van der Waals surface area contributed by atoms with Crippen LogP contribution < -0.4 is 20.7 Å². The Hall–Kier alpha value is -3.73. The third-order valence-electron chi connectivity index (χ3n) is 5.98. The predicted molar refractivity (Wildman–Crippen MR) is 118 cm³/mol. The van der Waals surface area contributed by atoms with Crippen LogP contribution in [0.5, 0.6) is 5.88 Å². The third kappa shape index (κ3) is 3.54. The Bertz CT molecular complexity index is 1270. The maximum Gasteiger partial charge on any atom is 0.413 e. The molecule has 0 bridgehead atoms. The van der Waals surface area contributed by atoms with Crippen molar-refractivity contribution in [1.82, 2.24) is 9.97 Å². The van der Waals surface area contributed by atoms with E-state index in [0.717, 1.165) is 4.90 Å². The lowest BCUT2D eigenvalue weighted by Crippen LogP contribution is -2.40. The average Bonchev–Trinajstić information content (AvgIpc) is 3.30. The number of nitrogens with zero attached hydrogens (tertiary/aromatic N) is 3. The highest BCUT2D eigenvalue weighted by Gasteiger charge is 2.30. The lowest BCUT2D eigenvalue weighted by Gasteiger charge is -2.25. The van der Waals surface area contributed by atoms with Crippen LogP contribution in [0.4, 0.5) is 30.8 Å². The first kappa shape index (κ1) is 21.1. The summed E-state index contributed by atoms with van der Waals surface area (Å²) in [5, 5.41) is 13.5. The maximum atomic E-state index is 15.3. The number of amides is 1. The van der Waals surface area contributed by atoms with Gasteiger partial charge in [-0.15, -0.1) is 0 Å². The Morgan fingerprint density at radius 1 is 1.30 bits per heavy atom. The van der Waals surface area contributed by atoms with Crippen LogP contribution in [-0.4, -0.2) is 53.3 Å². The summed E-state index contributed by atoms with van der Waals surface area (Å²) in [5.74, 6) is -0.348. The highest BCUT2D eigenvalue weighted by Crippen LogP contribution is 2.40. The number of nitrogens with one attached hydrogen (secondary N) is 1. The second-order valence-electron chi connectivity index (χ2n) is 7.97. The van der Waals surface area contributed by atoms with Crippen molar-refractivity contribution in [2.75, 3.05) is 35.7 Å². The molecule has 0 aliphatic carbocycles. The number of ether oxygens (including phenoxy) is 2. The molecule has 2 aliphatic heterocycles. The summed E-state index contributed by atoms with van der Waals surface area (Å²) in [7, 11) is 0. The molecular weight excluding hydrogens is 436 g/mol. The maximum absolute atomic E-state index is 15.3. The van der Waals surface area contributed by atoms with Gasteiger partial charge in [0.1, 0.15) is 11.5 Å². The van der Waals surface area contributed by atoms with Crippen molar-refractivity contribution in [3.63, 3.8) is 0 Å². The number of nitrogens with two attached hydrogens (primary N) is 1. The highest BCUT2D eigenvalue weighted by molar-refractivity contribution is 5.99. The molecule has 1 amide bonds. The van der Waals surface area contributed by atoms with E-state index in [-0.39, 0.29) is 42.1 Å². The van der Waals surface area contributed by atoms with E-state index in [1.165, 1.54) is 12.4 Å². The number of carboxylic acid groups (broad SMARTS) is 1. The van der Waals surface area contributed by atoms with Crippen LogP contribution in [0.2, 0.25) is 0 Å². The smallest absolute Gasteiger partial charge is 0.413 e. The molecule has 0 spiro atoms. The van der Waals surface area contributed by atoms with Crippen LogP contribution in [0.15, 0.2) is 24.5 Å². The van der Waals surface area contributed by atoms with E-state index >= 15 is 4.39 Å². The summed E-state index contributed by atoms with van der Waals surface area (Å²) >= 11 is 0. The van der Waals surface area contributed by atoms with Crippen molar-refractivity contribution in [3.05, 3.63) is 35.9 Å². The number of rotatable bonds is 3. The molecule has 3 aromatic rings. The van der Waals surface area contributed by atoms with Gasteiger partial charge in [-0.2, -0.15) is 4.39 Å². The lowest BCUT2D eigenvalue weighted by atomic mass is 9.97.